The number of allylic oxidation sites excluding steroid dienone is 3. The minimum absolute atomic E-state index is 0.0111. The molecular weight excluding hydrogens is 412 g/mol. The molecule has 1 saturated heterocycles. The van der Waals surface area contributed by atoms with E-state index in [0.717, 1.165) is 23.7 Å². The third kappa shape index (κ3) is 4.62. The Hall–Kier alpha value is -0.560. The van der Waals surface area contributed by atoms with Gasteiger partial charge >= 0.3 is 0 Å². The fourth-order valence-corrected chi connectivity index (χ4v) is 8.93. The number of hydrogen-bond acceptors (Lipinski definition) is 1. The Labute approximate surface area is 212 Å². The van der Waals surface area contributed by atoms with Crippen molar-refractivity contribution in [3.05, 3.63) is 22.8 Å². The maximum Gasteiger partial charge on any atom is 0.0924 e. The van der Waals surface area contributed by atoms with Crippen LogP contribution in [0.3, 0.4) is 0 Å². The second kappa shape index (κ2) is 10.4. The summed E-state index contributed by atoms with van der Waals surface area (Å²) in [6.07, 6.45) is 19.3. The van der Waals surface area contributed by atoms with E-state index in [4.69, 9.17) is 4.74 Å². The van der Waals surface area contributed by atoms with Crippen LogP contribution in [-0.2, 0) is 4.74 Å². The standard InChI is InChI=1S/C33H56O/c1-9-12-26-15-17-32(8)21-27(13-14-28(32)20-26)30-16-18-33(25(7)29(30)11-3)24(6)23(5)31(34-33)19-22(4)10-2/h14,22-24,26-27,30-31H,9-13,15-21H2,1-8H3/t22?,23?,24-,26?,27?,30?,31?,32?,33?/m1/s1. The first-order valence-electron chi connectivity index (χ1n) is 15.3. The summed E-state index contributed by atoms with van der Waals surface area (Å²) >= 11 is 0. The molecule has 34 heavy (non-hydrogen) atoms. The highest BCUT2D eigenvalue weighted by Crippen LogP contribution is 2.58. The van der Waals surface area contributed by atoms with Gasteiger partial charge in [-0.1, -0.05) is 85.0 Å². The zero-order valence-electron chi connectivity index (χ0n) is 24.0. The lowest BCUT2D eigenvalue weighted by molar-refractivity contribution is -0.0546. The molecule has 1 heterocycles. The van der Waals surface area contributed by atoms with Crippen LogP contribution < -0.4 is 0 Å². The SMILES string of the molecule is CCCC1CCC2(C)CC(C3CCC4(OC(CC(C)CC)C(C)[C@H]4C)C(C)=C3CC)CC=C2C1. The summed E-state index contributed by atoms with van der Waals surface area (Å²) in [5.41, 5.74) is 5.73. The first-order valence-corrected chi connectivity index (χ1v) is 15.3. The van der Waals surface area contributed by atoms with Gasteiger partial charge < -0.3 is 4.74 Å². The third-order valence-corrected chi connectivity index (χ3v) is 11.6. The highest BCUT2D eigenvalue weighted by molar-refractivity contribution is 5.33. The van der Waals surface area contributed by atoms with Crippen molar-refractivity contribution in [3.8, 4) is 0 Å². The minimum Gasteiger partial charge on any atom is -0.367 e. The van der Waals surface area contributed by atoms with Crippen LogP contribution in [0.1, 0.15) is 132 Å². The van der Waals surface area contributed by atoms with E-state index in [1.807, 2.05) is 5.57 Å². The maximum absolute atomic E-state index is 7.14. The molecule has 0 bridgehead atoms. The third-order valence-electron chi connectivity index (χ3n) is 11.6. The van der Waals surface area contributed by atoms with Crippen LogP contribution in [0.4, 0.5) is 0 Å². The molecule has 0 amide bonds. The van der Waals surface area contributed by atoms with Gasteiger partial charge in [-0.05, 0) is 111 Å². The average Bonchev–Trinajstić information content (AvgIpc) is 3.06. The Morgan fingerprint density at radius 2 is 1.88 bits per heavy atom. The molecule has 1 nitrogen and oxygen atoms in total. The highest BCUT2D eigenvalue weighted by Gasteiger charge is 2.55. The van der Waals surface area contributed by atoms with E-state index in [2.05, 4.69) is 61.5 Å². The number of rotatable bonds is 7. The summed E-state index contributed by atoms with van der Waals surface area (Å²) in [6.45, 7) is 19.6. The van der Waals surface area contributed by atoms with E-state index in [0.29, 0.717) is 23.4 Å². The Kier molecular flexibility index (Phi) is 8.13. The Balaban J connectivity index is 1.55. The summed E-state index contributed by atoms with van der Waals surface area (Å²) < 4.78 is 7.14. The van der Waals surface area contributed by atoms with Gasteiger partial charge in [0, 0.05) is 0 Å². The van der Waals surface area contributed by atoms with Crippen molar-refractivity contribution in [2.75, 3.05) is 0 Å². The predicted molar refractivity (Wildman–Crippen MR) is 147 cm³/mol. The van der Waals surface area contributed by atoms with Crippen LogP contribution in [0, 0.1) is 40.9 Å². The van der Waals surface area contributed by atoms with Gasteiger partial charge in [-0.25, -0.2) is 0 Å². The van der Waals surface area contributed by atoms with Gasteiger partial charge in [-0.2, -0.15) is 0 Å². The number of fused-ring (bicyclic) bond motifs is 1. The van der Waals surface area contributed by atoms with Crippen molar-refractivity contribution >= 4 is 0 Å². The van der Waals surface area contributed by atoms with Crippen molar-refractivity contribution < 1.29 is 4.74 Å². The second-order valence-electron chi connectivity index (χ2n) is 13.5. The van der Waals surface area contributed by atoms with Gasteiger partial charge in [-0.3, -0.25) is 0 Å². The molecule has 3 aliphatic carbocycles. The van der Waals surface area contributed by atoms with Crippen LogP contribution >= 0.6 is 0 Å². The van der Waals surface area contributed by atoms with E-state index in [1.54, 1.807) is 11.1 Å². The molecule has 9 atom stereocenters. The number of hydrogen-bond donors (Lipinski definition) is 0. The molecule has 1 spiro atoms. The van der Waals surface area contributed by atoms with Gasteiger partial charge in [0.05, 0.1) is 11.7 Å². The molecule has 2 fully saturated rings. The maximum atomic E-state index is 7.14. The van der Waals surface area contributed by atoms with Crippen LogP contribution in [-0.4, -0.2) is 11.7 Å². The van der Waals surface area contributed by atoms with E-state index >= 15 is 0 Å². The van der Waals surface area contributed by atoms with E-state index in [-0.39, 0.29) is 5.60 Å². The molecular formula is C33H56O. The quantitative estimate of drug-likeness (QED) is 0.338. The van der Waals surface area contributed by atoms with Crippen LogP contribution in [0.25, 0.3) is 0 Å². The first kappa shape index (κ1) is 26.5. The molecule has 194 valence electrons. The van der Waals surface area contributed by atoms with E-state index in [9.17, 15) is 0 Å². The van der Waals surface area contributed by atoms with Crippen molar-refractivity contribution in [2.24, 2.45) is 40.9 Å². The Morgan fingerprint density at radius 3 is 2.56 bits per heavy atom. The van der Waals surface area contributed by atoms with Gasteiger partial charge in [0.1, 0.15) is 0 Å². The van der Waals surface area contributed by atoms with Crippen LogP contribution in [0.2, 0.25) is 0 Å². The average molecular weight is 469 g/mol. The van der Waals surface area contributed by atoms with Crippen molar-refractivity contribution in [1.29, 1.82) is 0 Å². The minimum atomic E-state index is 0.0111. The molecule has 4 rings (SSSR count). The molecule has 1 aliphatic heterocycles. The molecule has 1 saturated carbocycles. The van der Waals surface area contributed by atoms with Crippen molar-refractivity contribution in [1.82, 2.24) is 0 Å². The lowest BCUT2D eigenvalue weighted by Crippen LogP contribution is -2.44. The smallest absolute Gasteiger partial charge is 0.0924 e. The predicted octanol–water partition coefficient (Wildman–Crippen LogP) is 9.91. The Morgan fingerprint density at radius 1 is 1.12 bits per heavy atom. The zero-order valence-corrected chi connectivity index (χ0v) is 24.0. The molecule has 4 aliphatic rings. The summed E-state index contributed by atoms with van der Waals surface area (Å²) in [7, 11) is 0. The van der Waals surface area contributed by atoms with E-state index in [1.165, 1.54) is 77.0 Å². The topological polar surface area (TPSA) is 9.23 Å². The summed E-state index contributed by atoms with van der Waals surface area (Å²) in [5, 5.41) is 0. The van der Waals surface area contributed by atoms with Gasteiger partial charge in [0.15, 0.2) is 0 Å². The zero-order chi connectivity index (χ0) is 24.7. The monoisotopic (exact) mass is 468 g/mol. The lowest BCUT2D eigenvalue weighted by Gasteiger charge is -2.50. The van der Waals surface area contributed by atoms with Crippen LogP contribution in [0.15, 0.2) is 22.8 Å². The summed E-state index contributed by atoms with van der Waals surface area (Å²) in [4.78, 5) is 0. The molecule has 0 aromatic carbocycles. The van der Waals surface area contributed by atoms with Crippen molar-refractivity contribution in [3.63, 3.8) is 0 Å². The molecule has 0 aromatic rings. The summed E-state index contributed by atoms with van der Waals surface area (Å²) in [6, 6.07) is 0. The normalized spacial score (nSPS) is 43.7. The van der Waals surface area contributed by atoms with Crippen LogP contribution in [0.5, 0.6) is 0 Å². The molecule has 0 N–H and O–H groups in total. The van der Waals surface area contributed by atoms with E-state index < -0.39 is 0 Å². The first-order chi connectivity index (χ1) is 16.2. The molecule has 0 radical (unpaired) electrons. The van der Waals surface area contributed by atoms with Gasteiger partial charge in [0.25, 0.3) is 0 Å². The highest BCUT2D eigenvalue weighted by atomic mass is 16.5. The summed E-state index contributed by atoms with van der Waals surface area (Å²) in [5.74, 6) is 4.62. The molecule has 0 aromatic heterocycles. The largest absolute Gasteiger partial charge is 0.367 e. The van der Waals surface area contributed by atoms with Gasteiger partial charge in [0.2, 0.25) is 0 Å². The van der Waals surface area contributed by atoms with Gasteiger partial charge in [-0.15, -0.1) is 0 Å². The fourth-order valence-electron chi connectivity index (χ4n) is 8.93. The molecule has 1 heteroatoms. The van der Waals surface area contributed by atoms with Crippen molar-refractivity contribution in [2.45, 2.75) is 144 Å². The Bertz CT molecular complexity index is 775. The number of ether oxygens (including phenoxy) is 1. The lowest BCUT2D eigenvalue weighted by atomic mass is 9.56. The molecule has 8 unspecified atom stereocenters. The second-order valence-corrected chi connectivity index (χ2v) is 13.5. The fraction of sp³-hybridized carbons (Fsp3) is 0.879.